The SMILES string of the molecule is Cc1ncsc1CNc1cc(C(F)(F)F)ccc1F. The van der Waals surface area contributed by atoms with Gasteiger partial charge >= 0.3 is 6.18 Å². The van der Waals surface area contributed by atoms with Crippen LogP contribution in [0.1, 0.15) is 16.1 Å². The summed E-state index contributed by atoms with van der Waals surface area (Å²) in [7, 11) is 0. The topological polar surface area (TPSA) is 24.9 Å². The number of hydrogen-bond acceptors (Lipinski definition) is 3. The van der Waals surface area contributed by atoms with Crippen molar-refractivity contribution in [1.82, 2.24) is 4.98 Å². The second-order valence-corrected chi connectivity index (χ2v) is 4.85. The van der Waals surface area contributed by atoms with Gasteiger partial charge in [-0.2, -0.15) is 13.2 Å². The van der Waals surface area contributed by atoms with Crippen LogP contribution in [0.15, 0.2) is 23.7 Å². The van der Waals surface area contributed by atoms with E-state index in [1.807, 2.05) is 0 Å². The minimum Gasteiger partial charge on any atom is -0.378 e. The van der Waals surface area contributed by atoms with Crippen LogP contribution in [-0.4, -0.2) is 4.98 Å². The minimum absolute atomic E-state index is 0.164. The van der Waals surface area contributed by atoms with Crippen LogP contribution < -0.4 is 5.32 Å². The van der Waals surface area contributed by atoms with Gasteiger partial charge in [-0.05, 0) is 25.1 Å². The third-order valence-electron chi connectivity index (χ3n) is 2.58. The number of nitrogens with one attached hydrogen (secondary N) is 1. The normalized spacial score (nSPS) is 11.6. The first-order chi connectivity index (χ1) is 8.88. The molecule has 1 aromatic carbocycles. The molecule has 0 unspecified atom stereocenters. The van der Waals surface area contributed by atoms with Gasteiger partial charge < -0.3 is 5.32 Å². The standard InChI is InChI=1S/C12H10F4N2S/c1-7-11(19-6-18-7)5-17-10-4-8(12(14,15)16)2-3-9(10)13/h2-4,6,17H,5H2,1H3. The molecule has 1 aromatic heterocycles. The van der Waals surface area contributed by atoms with Gasteiger partial charge in [0.15, 0.2) is 0 Å². The Morgan fingerprint density at radius 3 is 2.63 bits per heavy atom. The van der Waals surface area contributed by atoms with E-state index in [2.05, 4.69) is 10.3 Å². The molecule has 0 amide bonds. The van der Waals surface area contributed by atoms with Crippen LogP contribution in [0, 0.1) is 12.7 Å². The Bertz CT molecular complexity index is 577. The van der Waals surface area contributed by atoms with E-state index in [0.717, 1.165) is 28.8 Å². The molecule has 2 nitrogen and oxygen atoms in total. The third-order valence-corrected chi connectivity index (χ3v) is 3.51. The van der Waals surface area contributed by atoms with Gasteiger partial charge in [-0.25, -0.2) is 9.37 Å². The lowest BCUT2D eigenvalue weighted by Crippen LogP contribution is -2.08. The Morgan fingerprint density at radius 2 is 2.05 bits per heavy atom. The first-order valence-electron chi connectivity index (χ1n) is 5.37. The zero-order chi connectivity index (χ0) is 14.0. The van der Waals surface area contributed by atoms with Crippen molar-refractivity contribution in [2.24, 2.45) is 0 Å². The summed E-state index contributed by atoms with van der Waals surface area (Å²) >= 11 is 1.37. The van der Waals surface area contributed by atoms with Crippen LogP contribution in [0.3, 0.4) is 0 Å². The van der Waals surface area contributed by atoms with Gasteiger partial charge in [-0.15, -0.1) is 11.3 Å². The van der Waals surface area contributed by atoms with Crippen molar-refractivity contribution in [3.05, 3.63) is 45.7 Å². The average molecular weight is 290 g/mol. The molecule has 0 aliphatic heterocycles. The van der Waals surface area contributed by atoms with E-state index < -0.39 is 17.6 Å². The number of halogens is 4. The highest BCUT2D eigenvalue weighted by atomic mass is 32.1. The number of benzene rings is 1. The van der Waals surface area contributed by atoms with E-state index >= 15 is 0 Å². The van der Waals surface area contributed by atoms with Crippen LogP contribution in [0.2, 0.25) is 0 Å². The summed E-state index contributed by atoms with van der Waals surface area (Å²) in [6.45, 7) is 2.03. The van der Waals surface area contributed by atoms with Crippen LogP contribution in [0.4, 0.5) is 23.2 Å². The zero-order valence-corrected chi connectivity index (χ0v) is 10.7. The minimum atomic E-state index is -4.48. The predicted octanol–water partition coefficient (Wildman–Crippen LogP) is 4.22. The Morgan fingerprint density at radius 1 is 1.32 bits per heavy atom. The maximum Gasteiger partial charge on any atom is 0.416 e. The number of alkyl halides is 3. The Balaban J connectivity index is 2.18. The van der Waals surface area contributed by atoms with Crippen molar-refractivity contribution in [2.75, 3.05) is 5.32 Å². The quantitative estimate of drug-likeness (QED) is 0.856. The number of nitrogens with zero attached hydrogens (tertiary/aromatic N) is 1. The first-order valence-corrected chi connectivity index (χ1v) is 6.25. The summed E-state index contributed by atoms with van der Waals surface area (Å²) in [5.41, 5.74) is 1.37. The van der Waals surface area contributed by atoms with Crippen LogP contribution in [-0.2, 0) is 12.7 Å². The van der Waals surface area contributed by atoms with Crippen molar-refractivity contribution in [3.8, 4) is 0 Å². The van der Waals surface area contributed by atoms with Gasteiger partial charge in [0.25, 0.3) is 0 Å². The molecular weight excluding hydrogens is 280 g/mol. The van der Waals surface area contributed by atoms with Crippen molar-refractivity contribution in [3.63, 3.8) is 0 Å². The second kappa shape index (κ2) is 5.16. The van der Waals surface area contributed by atoms with E-state index in [1.54, 1.807) is 12.4 Å². The molecule has 0 saturated heterocycles. The van der Waals surface area contributed by atoms with Gasteiger partial charge in [-0.1, -0.05) is 0 Å². The summed E-state index contributed by atoms with van der Waals surface area (Å²) in [5.74, 6) is -0.713. The lowest BCUT2D eigenvalue weighted by molar-refractivity contribution is -0.137. The Labute approximate surface area is 111 Å². The predicted molar refractivity (Wildman–Crippen MR) is 65.6 cm³/mol. The lowest BCUT2D eigenvalue weighted by Gasteiger charge is -2.11. The monoisotopic (exact) mass is 290 g/mol. The number of rotatable bonds is 3. The largest absolute Gasteiger partial charge is 0.416 e. The molecule has 0 bridgehead atoms. The van der Waals surface area contributed by atoms with Crippen LogP contribution in [0.5, 0.6) is 0 Å². The van der Waals surface area contributed by atoms with Gasteiger partial charge in [0.2, 0.25) is 0 Å². The summed E-state index contributed by atoms with van der Waals surface area (Å²) < 4.78 is 51.0. The molecule has 0 aliphatic carbocycles. The van der Waals surface area contributed by atoms with Crippen molar-refractivity contribution < 1.29 is 17.6 Å². The van der Waals surface area contributed by atoms with Crippen molar-refractivity contribution in [1.29, 1.82) is 0 Å². The average Bonchev–Trinajstić information content (AvgIpc) is 2.72. The molecule has 0 radical (unpaired) electrons. The number of thiazole rings is 1. The molecule has 0 spiro atoms. The molecule has 19 heavy (non-hydrogen) atoms. The van der Waals surface area contributed by atoms with E-state index in [1.165, 1.54) is 11.3 Å². The molecule has 1 heterocycles. The van der Waals surface area contributed by atoms with Crippen molar-refractivity contribution >= 4 is 17.0 Å². The number of aryl methyl sites for hydroxylation is 1. The maximum atomic E-state index is 13.4. The first kappa shape index (κ1) is 13.8. The summed E-state index contributed by atoms with van der Waals surface area (Å²) in [5, 5.41) is 2.66. The number of anilines is 1. The van der Waals surface area contributed by atoms with Gasteiger partial charge in [0, 0.05) is 4.88 Å². The number of aromatic nitrogens is 1. The van der Waals surface area contributed by atoms with Gasteiger partial charge in [0.1, 0.15) is 5.82 Å². The van der Waals surface area contributed by atoms with E-state index in [-0.39, 0.29) is 12.2 Å². The Kier molecular flexibility index (Phi) is 3.75. The molecule has 1 N–H and O–H groups in total. The molecule has 0 fully saturated rings. The van der Waals surface area contributed by atoms with E-state index in [0.29, 0.717) is 0 Å². The summed E-state index contributed by atoms with van der Waals surface area (Å²) in [6.07, 6.45) is -4.48. The summed E-state index contributed by atoms with van der Waals surface area (Å²) in [6, 6.07) is 2.30. The smallest absolute Gasteiger partial charge is 0.378 e. The van der Waals surface area contributed by atoms with Gasteiger partial charge in [-0.3, -0.25) is 0 Å². The maximum absolute atomic E-state index is 13.4. The third kappa shape index (κ3) is 3.23. The van der Waals surface area contributed by atoms with Crippen molar-refractivity contribution in [2.45, 2.75) is 19.6 Å². The van der Waals surface area contributed by atoms with Gasteiger partial charge in [0.05, 0.1) is 29.0 Å². The highest BCUT2D eigenvalue weighted by Gasteiger charge is 2.31. The lowest BCUT2D eigenvalue weighted by atomic mass is 10.2. The molecule has 2 aromatic rings. The summed E-state index contributed by atoms with van der Waals surface area (Å²) in [4.78, 5) is 4.87. The molecule has 7 heteroatoms. The number of hydrogen-bond donors (Lipinski definition) is 1. The fraction of sp³-hybridized carbons (Fsp3) is 0.250. The highest BCUT2D eigenvalue weighted by molar-refractivity contribution is 7.09. The Hall–Kier alpha value is -1.63. The van der Waals surface area contributed by atoms with Crippen LogP contribution >= 0.6 is 11.3 Å². The highest BCUT2D eigenvalue weighted by Crippen LogP contribution is 2.32. The second-order valence-electron chi connectivity index (χ2n) is 3.91. The molecule has 0 atom stereocenters. The fourth-order valence-electron chi connectivity index (χ4n) is 1.51. The molecular formula is C12H10F4N2S. The molecule has 102 valence electrons. The molecule has 0 aliphatic rings. The molecule has 2 rings (SSSR count). The fourth-order valence-corrected chi connectivity index (χ4v) is 2.23. The van der Waals surface area contributed by atoms with E-state index in [4.69, 9.17) is 0 Å². The molecule has 0 saturated carbocycles. The van der Waals surface area contributed by atoms with Crippen LogP contribution in [0.25, 0.3) is 0 Å². The van der Waals surface area contributed by atoms with E-state index in [9.17, 15) is 17.6 Å². The zero-order valence-electron chi connectivity index (χ0n) is 9.88.